The second-order valence-corrected chi connectivity index (χ2v) is 8.10. The molecule has 0 bridgehead atoms. The number of thioether (sulfide) groups is 1. The summed E-state index contributed by atoms with van der Waals surface area (Å²) < 4.78 is 18.7. The van der Waals surface area contributed by atoms with Crippen LogP contribution in [0.15, 0.2) is 47.3 Å². The Kier molecular flexibility index (Phi) is 8.21. The summed E-state index contributed by atoms with van der Waals surface area (Å²) in [4.78, 5) is 17.7. The van der Waals surface area contributed by atoms with Gasteiger partial charge in [-0.3, -0.25) is 0 Å². The fourth-order valence-electron chi connectivity index (χ4n) is 3.41. The number of rotatable bonds is 11. The molecule has 8 nitrogen and oxygen atoms in total. The predicted molar refractivity (Wildman–Crippen MR) is 125 cm³/mol. The molecule has 1 aromatic carbocycles. The Hall–Kier alpha value is -2.94. The molecule has 1 aliphatic rings. The van der Waals surface area contributed by atoms with Crippen LogP contribution in [0, 0.1) is 0 Å². The van der Waals surface area contributed by atoms with E-state index in [1.165, 1.54) is 0 Å². The van der Waals surface area contributed by atoms with E-state index in [2.05, 4.69) is 23.8 Å². The van der Waals surface area contributed by atoms with Gasteiger partial charge in [0.15, 0.2) is 11.5 Å². The lowest BCUT2D eigenvalue weighted by atomic mass is 9.95. The monoisotopic (exact) mass is 458 g/mol. The maximum absolute atomic E-state index is 13.0. The normalized spacial score (nSPS) is 15.1. The average molecular weight is 459 g/mol. The standard InChI is InChI=1S/C23H30N4O4S/c1-6-12-31-21(28)19-15(5)24-22-25-23(32-13-7-2)26-27(22)20(19)16-10-11-17(29-8-3)18(14-16)30-9-4/h6,10-11,14,20H,1,7-9,12-13H2,2-5H3,(H,24,25,26). The van der Waals surface area contributed by atoms with Crippen molar-refractivity contribution < 1.29 is 19.0 Å². The first-order chi connectivity index (χ1) is 15.5. The summed E-state index contributed by atoms with van der Waals surface area (Å²) in [6.07, 6.45) is 2.56. The molecule has 0 spiro atoms. The third-order valence-electron chi connectivity index (χ3n) is 4.70. The third kappa shape index (κ3) is 5.09. The lowest BCUT2D eigenvalue weighted by Crippen LogP contribution is -2.29. The second-order valence-electron chi connectivity index (χ2n) is 7.04. The van der Waals surface area contributed by atoms with Crippen molar-refractivity contribution in [1.82, 2.24) is 14.8 Å². The van der Waals surface area contributed by atoms with E-state index in [1.54, 1.807) is 22.5 Å². The Labute approximate surface area is 193 Å². The van der Waals surface area contributed by atoms with Gasteiger partial charge in [-0.15, -0.1) is 5.10 Å². The Balaban J connectivity index is 2.11. The summed E-state index contributed by atoms with van der Waals surface area (Å²) in [5, 5.41) is 8.56. The number of nitrogens with zero attached hydrogens (tertiary/aromatic N) is 3. The molecule has 0 aliphatic carbocycles. The second kappa shape index (κ2) is 11.1. The largest absolute Gasteiger partial charge is 0.490 e. The number of allylic oxidation sites excluding steroid dienone is 1. The molecule has 172 valence electrons. The molecule has 0 saturated heterocycles. The van der Waals surface area contributed by atoms with Crippen molar-refractivity contribution in [1.29, 1.82) is 0 Å². The van der Waals surface area contributed by atoms with Crippen LogP contribution in [-0.4, -0.2) is 46.3 Å². The van der Waals surface area contributed by atoms with Gasteiger partial charge in [0, 0.05) is 11.4 Å². The summed E-state index contributed by atoms with van der Waals surface area (Å²) in [5.41, 5.74) is 1.95. The summed E-state index contributed by atoms with van der Waals surface area (Å²) >= 11 is 1.58. The van der Waals surface area contributed by atoms with E-state index in [0.717, 1.165) is 17.7 Å². The molecule has 2 heterocycles. The predicted octanol–water partition coefficient (Wildman–Crippen LogP) is 4.60. The van der Waals surface area contributed by atoms with Crippen LogP contribution in [0.4, 0.5) is 5.95 Å². The highest BCUT2D eigenvalue weighted by Gasteiger charge is 2.35. The number of ether oxygens (including phenoxy) is 3. The van der Waals surface area contributed by atoms with Crippen molar-refractivity contribution in [2.24, 2.45) is 0 Å². The quantitative estimate of drug-likeness (QED) is 0.297. The van der Waals surface area contributed by atoms with Gasteiger partial charge in [-0.1, -0.05) is 37.4 Å². The Morgan fingerprint density at radius 1 is 1.25 bits per heavy atom. The molecule has 1 N–H and O–H groups in total. The number of fused-ring (bicyclic) bond motifs is 1. The summed E-state index contributed by atoms with van der Waals surface area (Å²) in [7, 11) is 0. The summed E-state index contributed by atoms with van der Waals surface area (Å²) in [5.74, 6) is 2.33. The fourth-order valence-corrected chi connectivity index (χ4v) is 4.09. The molecule has 1 aromatic heterocycles. The number of esters is 1. The molecule has 3 rings (SSSR count). The van der Waals surface area contributed by atoms with E-state index in [-0.39, 0.29) is 6.61 Å². The van der Waals surface area contributed by atoms with Crippen molar-refractivity contribution >= 4 is 23.7 Å². The highest BCUT2D eigenvalue weighted by molar-refractivity contribution is 7.99. The van der Waals surface area contributed by atoms with Gasteiger partial charge in [0.2, 0.25) is 11.1 Å². The van der Waals surface area contributed by atoms with Gasteiger partial charge in [-0.05, 0) is 44.9 Å². The number of benzene rings is 1. The van der Waals surface area contributed by atoms with E-state index in [1.807, 2.05) is 39.0 Å². The molecule has 0 radical (unpaired) electrons. The molecule has 32 heavy (non-hydrogen) atoms. The molecular weight excluding hydrogens is 428 g/mol. The van der Waals surface area contributed by atoms with Gasteiger partial charge >= 0.3 is 5.97 Å². The van der Waals surface area contributed by atoms with Gasteiger partial charge in [0.05, 0.1) is 18.8 Å². The van der Waals surface area contributed by atoms with Crippen LogP contribution in [0.1, 0.15) is 45.7 Å². The van der Waals surface area contributed by atoms with Crippen LogP contribution in [0.25, 0.3) is 0 Å². The summed E-state index contributed by atoms with van der Waals surface area (Å²) in [6, 6.07) is 5.14. The first kappa shape index (κ1) is 23.7. The first-order valence-electron chi connectivity index (χ1n) is 10.8. The molecule has 1 atom stereocenters. The highest BCUT2D eigenvalue weighted by atomic mass is 32.2. The molecule has 0 amide bonds. The van der Waals surface area contributed by atoms with Crippen LogP contribution >= 0.6 is 11.8 Å². The van der Waals surface area contributed by atoms with Crippen molar-refractivity contribution in [2.45, 2.75) is 45.3 Å². The Morgan fingerprint density at radius 2 is 2.00 bits per heavy atom. The van der Waals surface area contributed by atoms with Gasteiger partial charge < -0.3 is 19.5 Å². The van der Waals surface area contributed by atoms with Gasteiger partial charge in [0.1, 0.15) is 12.6 Å². The van der Waals surface area contributed by atoms with Crippen molar-refractivity contribution in [2.75, 3.05) is 30.9 Å². The molecule has 2 aromatic rings. The highest BCUT2D eigenvalue weighted by Crippen LogP contribution is 2.40. The number of carbonyl (C=O) groups excluding carboxylic acids is 1. The van der Waals surface area contributed by atoms with Crippen LogP contribution in [0.5, 0.6) is 11.5 Å². The number of aromatic nitrogens is 3. The van der Waals surface area contributed by atoms with E-state index in [9.17, 15) is 4.79 Å². The topological polar surface area (TPSA) is 87.5 Å². The molecular formula is C23H30N4O4S. The summed E-state index contributed by atoms with van der Waals surface area (Å²) in [6.45, 7) is 12.6. The fraction of sp³-hybridized carbons (Fsp3) is 0.435. The number of anilines is 1. The maximum atomic E-state index is 13.0. The first-order valence-corrected chi connectivity index (χ1v) is 11.8. The van der Waals surface area contributed by atoms with Crippen LogP contribution in [-0.2, 0) is 9.53 Å². The molecule has 1 aliphatic heterocycles. The Bertz CT molecular complexity index is 1000. The van der Waals surface area contributed by atoms with Crippen LogP contribution in [0.3, 0.4) is 0 Å². The molecule has 0 fully saturated rings. The maximum Gasteiger partial charge on any atom is 0.338 e. The number of hydrogen-bond donors (Lipinski definition) is 1. The minimum Gasteiger partial charge on any atom is -0.490 e. The van der Waals surface area contributed by atoms with Crippen molar-refractivity contribution in [3.63, 3.8) is 0 Å². The minimum atomic E-state index is -0.526. The zero-order chi connectivity index (χ0) is 23.1. The minimum absolute atomic E-state index is 0.123. The molecule has 9 heteroatoms. The van der Waals surface area contributed by atoms with Crippen molar-refractivity contribution in [3.8, 4) is 11.5 Å². The average Bonchev–Trinajstić information content (AvgIpc) is 3.18. The van der Waals surface area contributed by atoms with Gasteiger partial charge in [-0.25, -0.2) is 9.48 Å². The third-order valence-corrected chi connectivity index (χ3v) is 5.75. The van der Waals surface area contributed by atoms with Crippen LogP contribution in [0.2, 0.25) is 0 Å². The number of carbonyl (C=O) groups is 1. The van der Waals surface area contributed by atoms with E-state index < -0.39 is 12.0 Å². The zero-order valence-electron chi connectivity index (χ0n) is 19.0. The lowest BCUT2D eigenvalue weighted by molar-refractivity contribution is -0.138. The number of nitrogens with one attached hydrogen (secondary N) is 1. The molecule has 0 saturated carbocycles. The Morgan fingerprint density at radius 3 is 2.69 bits per heavy atom. The van der Waals surface area contributed by atoms with E-state index in [4.69, 9.17) is 19.3 Å². The zero-order valence-corrected chi connectivity index (χ0v) is 19.8. The van der Waals surface area contributed by atoms with Crippen molar-refractivity contribution in [3.05, 3.63) is 47.7 Å². The smallest absolute Gasteiger partial charge is 0.338 e. The lowest BCUT2D eigenvalue weighted by Gasteiger charge is -2.28. The van der Waals surface area contributed by atoms with E-state index >= 15 is 0 Å². The van der Waals surface area contributed by atoms with Crippen LogP contribution < -0.4 is 14.8 Å². The van der Waals surface area contributed by atoms with Gasteiger partial charge in [-0.2, -0.15) is 4.98 Å². The SMILES string of the molecule is C=CCOC(=O)C1=C(C)Nc2nc(SCCC)nn2C1c1ccc(OCC)c(OCC)c1. The number of hydrogen-bond acceptors (Lipinski definition) is 8. The van der Waals surface area contributed by atoms with E-state index in [0.29, 0.717) is 47.1 Å². The van der Waals surface area contributed by atoms with Gasteiger partial charge in [0.25, 0.3) is 0 Å². The molecule has 1 unspecified atom stereocenters.